The number of halogens is 1. The van der Waals surface area contributed by atoms with Crippen LogP contribution in [0.3, 0.4) is 0 Å². The highest BCUT2D eigenvalue weighted by Crippen LogP contribution is 2.28. The van der Waals surface area contributed by atoms with E-state index in [0.717, 1.165) is 22.2 Å². The van der Waals surface area contributed by atoms with Gasteiger partial charge in [0.2, 0.25) is 0 Å². The molecule has 6 nitrogen and oxygen atoms in total. The molecule has 0 saturated heterocycles. The molecule has 0 bridgehead atoms. The van der Waals surface area contributed by atoms with Gasteiger partial charge in [-0.3, -0.25) is 5.10 Å². The molecule has 0 aliphatic rings. The number of fused-ring (bicyclic) bond motifs is 1. The molecule has 2 aromatic carbocycles. The number of rotatable bonds is 3. The number of hydrogen-bond donors (Lipinski definition) is 3. The number of anilines is 3. The molecule has 0 aliphatic heterocycles. The van der Waals surface area contributed by atoms with Crippen molar-refractivity contribution < 1.29 is 0 Å². The highest BCUT2D eigenvalue weighted by atomic mass is 35.5. The van der Waals surface area contributed by atoms with E-state index in [1.54, 1.807) is 0 Å². The molecule has 4 N–H and O–H groups in total. The van der Waals surface area contributed by atoms with Gasteiger partial charge >= 0.3 is 0 Å². The van der Waals surface area contributed by atoms with Crippen molar-refractivity contribution in [3.05, 3.63) is 59.2 Å². The van der Waals surface area contributed by atoms with Crippen molar-refractivity contribution in [1.29, 1.82) is 0 Å². The zero-order valence-electron chi connectivity index (χ0n) is 13.4. The van der Waals surface area contributed by atoms with E-state index in [2.05, 4.69) is 25.5 Å². The third-order valence-electron chi connectivity index (χ3n) is 3.78. The Morgan fingerprint density at radius 2 is 1.84 bits per heavy atom. The lowest BCUT2D eigenvalue weighted by Crippen LogP contribution is -2.00. The molecule has 0 radical (unpaired) electrons. The number of aromatic amines is 1. The SMILES string of the molecule is Cc1cc(Nc2nc(-c3ccc(Cl)cc3)nc3cc(N)ccc23)n[nH]1. The number of aryl methyl sites for hydroxylation is 1. The van der Waals surface area contributed by atoms with Crippen molar-refractivity contribution in [1.82, 2.24) is 20.2 Å². The maximum Gasteiger partial charge on any atom is 0.162 e. The molecule has 0 fully saturated rings. The van der Waals surface area contributed by atoms with E-state index < -0.39 is 0 Å². The second kappa shape index (κ2) is 6.07. The van der Waals surface area contributed by atoms with E-state index in [9.17, 15) is 0 Å². The van der Waals surface area contributed by atoms with Gasteiger partial charge in [-0.15, -0.1) is 0 Å². The summed E-state index contributed by atoms with van der Waals surface area (Å²) in [5.74, 6) is 1.95. The van der Waals surface area contributed by atoms with Gasteiger partial charge in [0.15, 0.2) is 11.6 Å². The maximum absolute atomic E-state index is 5.97. The van der Waals surface area contributed by atoms with Crippen LogP contribution in [0.1, 0.15) is 5.69 Å². The minimum Gasteiger partial charge on any atom is -0.399 e. The average Bonchev–Trinajstić information content (AvgIpc) is 3.00. The molecular weight excluding hydrogens is 336 g/mol. The molecule has 0 spiro atoms. The number of nitrogens with one attached hydrogen (secondary N) is 2. The quantitative estimate of drug-likeness (QED) is 0.479. The highest BCUT2D eigenvalue weighted by molar-refractivity contribution is 6.30. The van der Waals surface area contributed by atoms with Crippen LogP contribution in [-0.2, 0) is 0 Å². The fourth-order valence-corrected chi connectivity index (χ4v) is 2.70. The Morgan fingerprint density at radius 1 is 1.04 bits per heavy atom. The van der Waals surface area contributed by atoms with Crippen LogP contribution >= 0.6 is 11.6 Å². The van der Waals surface area contributed by atoms with Crippen LogP contribution in [0.4, 0.5) is 17.3 Å². The van der Waals surface area contributed by atoms with Gasteiger partial charge in [0.05, 0.1) is 5.52 Å². The fraction of sp³-hybridized carbons (Fsp3) is 0.0556. The number of benzene rings is 2. The minimum atomic E-state index is 0.588. The summed E-state index contributed by atoms with van der Waals surface area (Å²) < 4.78 is 0. The summed E-state index contributed by atoms with van der Waals surface area (Å²) in [6.45, 7) is 1.94. The van der Waals surface area contributed by atoms with Gasteiger partial charge < -0.3 is 11.1 Å². The zero-order chi connectivity index (χ0) is 17.4. The number of nitrogens with zero attached hydrogens (tertiary/aromatic N) is 3. The van der Waals surface area contributed by atoms with Crippen LogP contribution in [0.25, 0.3) is 22.3 Å². The molecule has 0 unspecified atom stereocenters. The lowest BCUT2D eigenvalue weighted by molar-refractivity contribution is 1.05. The third kappa shape index (κ3) is 3.12. The average molecular weight is 351 g/mol. The lowest BCUT2D eigenvalue weighted by Gasteiger charge is -2.10. The topological polar surface area (TPSA) is 92.5 Å². The highest BCUT2D eigenvalue weighted by Gasteiger charge is 2.11. The van der Waals surface area contributed by atoms with Crippen molar-refractivity contribution in [2.45, 2.75) is 6.92 Å². The molecule has 4 rings (SSSR count). The van der Waals surface area contributed by atoms with Crippen molar-refractivity contribution >= 4 is 39.8 Å². The van der Waals surface area contributed by atoms with E-state index in [0.29, 0.717) is 28.2 Å². The summed E-state index contributed by atoms with van der Waals surface area (Å²) in [5.41, 5.74) is 9.16. The first-order valence-corrected chi connectivity index (χ1v) is 8.08. The standard InChI is InChI=1S/C18H15ClN6/c1-10-8-16(25-24-10)22-18-14-7-6-13(20)9-15(14)21-17(23-18)11-2-4-12(19)5-3-11/h2-9H,20H2,1H3,(H2,21,22,23,24,25). The Balaban J connectivity index is 1.88. The first-order valence-electron chi connectivity index (χ1n) is 7.71. The predicted octanol–water partition coefficient (Wildman–Crippen LogP) is 4.31. The zero-order valence-corrected chi connectivity index (χ0v) is 14.2. The van der Waals surface area contributed by atoms with E-state index in [-0.39, 0.29) is 0 Å². The van der Waals surface area contributed by atoms with Gasteiger partial charge in [-0.25, -0.2) is 9.97 Å². The number of H-pyrrole nitrogens is 1. The molecule has 0 amide bonds. The second-order valence-corrected chi connectivity index (χ2v) is 6.18. The van der Waals surface area contributed by atoms with Gasteiger partial charge in [-0.2, -0.15) is 5.10 Å². The summed E-state index contributed by atoms with van der Waals surface area (Å²) in [6.07, 6.45) is 0. The van der Waals surface area contributed by atoms with E-state index in [4.69, 9.17) is 17.3 Å². The van der Waals surface area contributed by atoms with Crippen LogP contribution in [0, 0.1) is 6.92 Å². The van der Waals surface area contributed by atoms with Gasteiger partial charge in [-0.05, 0) is 49.4 Å². The van der Waals surface area contributed by atoms with E-state index >= 15 is 0 Å². The number of nitrogens with two attached hydrogens (primary N) is 1. The summed E-state index contributed by atoms with van der Waals surface area (Å²) in [4.78, 5) is 9.32. The van der Waals surface area contributed by atoms with Crippen LogP contribution < -0.4 is 11.1 Å². The monoisotopic (exact) mass is 350 g/mol. The van der Waals surface area contributed by atoms with Crippen molar-refractivity contribution in [2.75, 3.05) is 11.1 Å². The molecule has 124 valence electrons. The summed E-state index contributed by atoms with van der Waals surface area (Å²) >= 11 is 5.97. The minimum absolute atomic E-state index is 0.588. The molecule has 7 heteroatoms. The van der Waals surface area contributed by atoms with E-state index in [1.807, 2.05) is 55.5 Å². The molecule has 0 aliphatic carbocycles. The molecule has 0 atom stereocenters. The third-order valence-corrected chi connectivity index (χ3v) is 4.03. The molecule has 2 heterocycles. The number of nitrogen functional groups attached to an aromatic ring is 1. The van der Waals surface area contributed by atoms with Crippen molar-refractivity contribution in [3.8, 4) is 11.4 Å². The van der Waals surface area contributed by atoms with E-state index in [1.165, 1.54) is 0 Å². The molecule has 4 aromatic rings. The van der Waals surface area contributed by atoms with Crippen LogP contribution in [-0.4, -0.2) is 20.2 Å². The van der Waals surface area contributed by atoms with Crippen LogP contribution in [0.5, 0.6) is 0 Å². The van der Waals surface area contributed by atoms with Gasteiger partial charge in [0.25, 0.3) is 0 Å². The van der Waals surface area contributed by atoms with Gasteiger partial charge in [-0.1, -0.05) is 11.6 Å². The maximum atomic E-state index is 5.97. The first-order chi connectivity index (χ1) is 12.1. The summed E-state index contributed by atoms with van der Waals surface area (Å²) in [6, 6.07) is 14.9. The normalized spacial score (nSPS) is 11.0. The van der Waals surface area contributed by atoms with Crippen LogP contribution in [0.2, 0.25) is 5.02 Å². The predicted molar refractivity (Wildman–Crippen MR) is 101 cm³/mol. The first kappa shape index (κ1) is 15.4. The Bertz CT molecular complexity index is 1060. The second-order valence-electron chi connectivity index (χ2n) is 5.74. The van der Waals surface area contributed by atoms with Crippen molar-refractivity contribution in [3.63, 3.8) is 0 Å². The van der Waals surface area contributed by atoms with Crippen LogP contribution in [0.15, 0.2) is 48.5 Å². The Hall–Kier alpha value is -3.12. The number of aromatic nitrogens is 4. The molecule has 2 aromatic heterocycles. The smallest absolute Gasteiger partial charge is 0.162 e. The molecule has 0 saturated carbocycles. The number of hydrogen-bond acceptors (Lipinski definition) is 5. The Labute approximate surface area is 149 Å². The fourth-order valence-electron chi connectivity index (χ4n) is 2.57. The molecule has 25 heavy (non-hydrogen) atoms. The Morgan fingerprint density at radius 3 is 2.56 bits per heavy atom. The van der Waals surface area contributed by atoms with Crippen molar-refractivity contribution in [2.24, 2.45) is 0 Å². The largest absolute Gasteiger partial charge is 0.399 e. The summed E-state index contributed by atoms with van der Waals surface area (Å²) in [7, 11) is 0. The molecular formula is C18H15ClN6. The van der Waals surface area contributed by atoms with Gasteiger partial charge in [0, 0.05) is 33.4 Å². The lowest BCUT2D eigenvalue weighted by atomic mass is 10.1. The Kier molecular flexibility index (Phi) is 3.74. The van der Waals surface area contributed by atoms with Gasteiger partial charge in [0.1, 0.15) is 5.82 Å². The summed E-state index contributed by atoms with van der Waals surface area (Å²) in [5, 5.41) is 11.9.